The molecule has 2 rings (SSSR count). The molecule has 8 nitrogen and oxygen atoms in total. The van der Waals surface area contributed by atoms with Crippen molar-refractivity contribution in [2.24, 2.45) is 5.18 Å². The number of rotatable bonds is 8. The van der Waals surface area contributed by atoms with E-state index in [0.717, 1.165) is 17.4 Å². The predicted molar refractivity (Wildman–Crippen MR) is 84.4 cm³/mol. The average molecular weight is 328 g/mol. The number of fused-ring (bicyclic) bond motifs is 1. The first kappa shape index (κ1) is 16.4. The summed E-state index contributed by atoms with van der Waals surface area (Å²) in [6.45, 7) is 2.91. The summed E-state index contributed by atoms with van der Waals surface area (Å²) in [5.41, 5.74) is -0.312. The van der Waals surface area contributed by atoms with Crippen LogP contribution in [0.5, 0.6) is 0 Å². The van der Waals surface area contributed by atoms with Crippen LogP contribution in [0.1, 0.15) is 32.6 Å². The van der Waals surface area contributed by atoms with E-state index in [9.17, 15) is 14.5 Å². The van der Waals surface area contributed by atoms with E-state index in [-0.39, 0.29) is 23.9 Å². The average Bonchev–Trinajstić information content (AvgIpc) is 2.88. The van der Waals surface area contributed by atoms with E-state index in [1.54, 1.807) is 0 Å². The van der Waals surface area contributed by atoms with E-state index in [1.165, 1.54) is 4.57 Å². The predicted octanol–water partition coefficient (Wildman–Crippen LogP) is 1.89. The summed E-state index contributed by atoms with van der Waals surface area (Å²) in [4.78, 5) is 41.7. The number of aryl methyl sites for hydroxylation is 1. The number of nitrogens with zero attached hydrogens (tertiary/aromatic N) is 4. The topological polar surface area (TPSA) is 102 Å². The van der Waals surface area contributed by atoms with Crippen LogP contribution < -0.4 is 11.2 Å². The van der Waals surface area contributed by atoms with Crippen LogP contribution in [0.25, 0.3) is 11.2 Å². The lowest BCUT2D eigenvalue weighted by atomic mass is 10.3. The molecule has 0 atom stereocenters. The summed E-state index contributed by atoms with van der Waals surface area (Å²) in [5.74, 6) is 0. The number of hydrogen-bond acceptors (Lipinski definition) is 5. The summed E-state index contributed by atoms with van der Waals surface area (Å²) in [6.07, 6.45) is 2.77. The van der Waals surface area contributed by atoms with Gasteiger partial charge in [-0.25, -0.2) is 4.79 Å². The van der Waals surface area contributed by atoms with Crippen molar-refractivity contribution in [2.75, 3.05) is 6.54 Å². The van der Waals surface area contributed by atoms with Gasteiger partial charge in [0.2, 0.25) is 5.28 Å². The van der Waals surface area contributed by atoms with Crippen LogP contribution in [-0.2, 0) is 13.1 Å². The third-order valence-corrected chi connectivity index (χ3v) is 3.63. The van der Waals surface area contributed by atoms with Gasteiger partial charge in [0.05, 0.1) is 6.54 Å². The standard InChI is InChI=1S/C13H18ClN5O3/c1-2-3-7-18-10-9(16-12(14)17-10)11(20)19(13(18)21)8-5-4-6-15-22/h2-8H2,1H3,(H,16,17). The summed E-state index contributed by atoms with van der Waals surface area (Å²) in [7, 11) is 0. The van der Waals surface area contributed by atoms with Gasteiger partial charge < -0.3 is 4.98 Å². The lowest BCUT2D eigenvalue weighted by Crippen LogP contribution is -2.40. The van der Waals surface area contributed by atoms with Crippen LogP contribution in [0, 0.1) is 4.91 Å². The van der Waals surface area contributed by atoms with Crippen LogP contribution in [0.3, 0.4) is 0 Å². The molecule has 2 aromatic rings. The molecule has 0 aromatic carbocycles. The maximum absolute atomic E-state index is 12.5. The van der Waals surface area contributed by atoms with Crippen molar-refractivity contribution >= 4 is 22.8 Å². The van der Waals surface area contributed by atoms with Crippen LogP contribution in [0.4, 0.5) is 0 Å². The number of hydrogen-bond donors (Lipinski definition) is 1. The lowest BCUT2D eigenvalue weighted by molar-refractivity contribution is 0.525. The highest BCUT2D eigenvalue weighted by Gasteiger charge is 2.16. The molecule has 0 amide bonds. The van der Waals surface area contributed by atoms with Crippen molar-refractivity contribution < 1.29 is 0 Å². The third kappa shape index (κ3) is 3.27. The highest BCUT2D eigenvalue weighted by Crippen LogP contribution is 2.10. The zero-order chi connectivity index (χ0) is 16.1. The summed E-state index contributed by atoms with van der Waals surface area (Å²) < 4.78 is 2.64. The molecule has 0 saturated carbocycles. The fourth-order valence-electron chi connectivity index (χ4n) is 2.30. The Labute approximate surface area is 131 Å². The normalized spacial score (nSPS) is 11.2. The molecule has 0 fully saturated rings. The second kappa shape index (κ2) is 7.35. The maximum atomic E-state index is 12.5. The molecule has 120 valence electrons. The van der Waals surface area contributed by atoms with Gasteiger partial charge in [0, 0.05) is 13.1 Å². The van der Waals surface area contributed by atoms with Gasteiger partial charge in [-0.2, -0.15) is 9.89 Å². The monoisotopic (exact) mass is 327 g/mol. The smallest absolute Gasteiger partial charge is 0.323 e. The molecule has 2 heterocycles. The number of H-pyrrole nitrogens is 1. The Morgan fingerprint density at radius 2 is 1.91 bits per heavy atom. The number of unbranched alkanes of at least 4 members (excludes halogenated alkanes) is 2. The fourth-order valence-corrected chi connectivity index (χ4v) is 2.47. The Morgan fingerprint density at radius 3 is 2.59 bits per heavy atom. The van der Waals surface area contributed by atoms with Gasteiger partial charge in [0.1, 0.15) is 0 Å². The Bertz CT molecular complexity index is 776. The van der Waals surface area contributed by atoms with Crippen LogP contribution >= 0.6 is 11.6 Å². The first-order valence-electron chi connectivity index (χ1n) is 7.28. The molecule has 22 heavy (non-hydrogen) atoms. The molecule has 0 aliphatic carbocycles. The second-order valence-electron chi connectivity index (χ2n) is 5.03. The van der Waals surface area contributed by atoms with Gasteiger partial charge in [-0.05, 0) is 30.9 Å². The van der Waals surface area contributed by atoms with E-state index in [0.29, 0.717) is 25.0 Å². The van der Waals surface area contributed by atoms with Crippen molar-refractivity contribution in [1.29, 1.82) is 0 Å². The Morgan fingerprint density at radius 1 is 1.18 bits per heavy atom. The molecule has 1 N–H and O–H groups in total. The molecule has 0 bridgehead atoms. The van der Waals surface area contributed by atoms with Crippen LogP contribution in [0.15, 0.2) is 14.8 Å². The fraction of sp³-hybridized carbons (Fsp3) is 0.615. The molecule has 0 aliphatic heterocycles. The van der Waals surface area contributed by atoms with Gasteiger partial charge >= 0.3 is 5.69 Å². The largest absolute Gasteiger partial charge is 0.332 e. The number of aromatic amines is 1. The van der Waals surface area contributed by atoms with Gasteiger partial charge in [-0.15, -0.1) is 0 Å². The minimum Gasteiger partial charge on any atom is -0.323 e. The van der Waals surface area contributed by atoms with Gasteiger partial charge in [-0.3, -0.25) is 13.9 Å². The van der Waals surface area contributed by atoms with Gasteiger partial charge in [0.15, 0.2) is 11.2 Å². The SMILES string of the molecule is CCCCn1c(=O)n(CCCCN=O)c(=O)c2[nH]c(Cl)nc21. The molecular weight excluding hydrogens is 310 g/mol. The molecule has 0 spiro atoms. The minimum atomic E-state index is -0.439. The van der Waals surface area contributed by atoms with Crippen molar-refractivity contribution in [3.63, 3.8) is 0 Å². The lowest BCUT2D eigenvalue weighted by Gasteiger charge is -2.10. The van der Waals surface area contributed by atoms with E-state index >= 15 is 0 Å². The van der Waals surface area contributed by atoms with E-state index in [4.69, 9.17) is 11.6 Å². The number of halogens is 1. The summed E-state index contributed by atoms with van der Waals surface area (Å²) >= 11 is 5.83. The minimum absolute atomic E-state index is 0.0830. The van der Waals surface area contributed by atoms with Crippen LogP contribution in [0.2, 0.25) is 5.28 Å². The zero-order valence-electron chi connectivity index (χ0n) is 12.3. The van der Waals surface area contributed by atoms with Crippen molar-refractivity contribution in [3.8, 4) is 0 Å². The van der Waals surface area contributed by atoms with Crippen molar-refractivity contribution in [1.82, 2.24) is 19.1 Å². The molecule has 0 aliphatic rings. The highest BCUT2D eigenvalue weighted by atomic mass is 35.5. The first-order valence-corrected chi connectivity index (χ1v) is 7.66. The Kier molecular flexibility index (Phi) is 5.48. The molecule has 0 unspecified atom stereocenters. The van der Waals surface area contributed by atoms with Crippen molar-refractivity contribution in [2.45, 2.75) is 45.7 Å². The first-order chi connectivity index (χ1) is 10.6. The van der Waals surface area contributed by atoms with E-state index in [1.807, 2.05) is 6.92 Å². The van der Waals surface area contributed by atoms with Gasteiger partial charge in [0.25, 0.3) is 5.56 Å². The third-order valence-electron chi connectivity index (χ3n) is 3.45. The van der Waals surface area contributed by atoms with Crippen LogP contribution in [-0.4, -0.2) is 25.6 Å². The zero-order valence-corrected chi connectivity index (χ0v) is 13.1. The number of aromatic nitrogens is 4. The van der Waals surface area contributed by atoms with Crippen molar-refractivity contribution in [3.05, 3.63) is 31.0 Å². The molecular formula is C13H18ClN5O3. The second-order valence-corrected chi connectivity index (χ2v) is 5.39. The van der Waals surface area contributed by atoms with E-state index < -0.39 is 11.2 Å². The van der Waals surface area contributed by atoms with Gasteiger partial charge in [-0.1, -0.05) is 18.5 Å². The molecule has 9 heteroatoms. The number of nitroso groups, excluding NO2 is 1. The summed E-state index contributed by atoms with van der Waals surface area (Å²) in [5, 5.41) is 2.85. The number of nitrogens with one attached hydrogen (secondary N) is 1. The number of imidazole rings is 1. The molecule has 2 aromatic heterocycles. The molecule has 0 saturated heterocycles. The Balaban J connectivity index is 2.48. The van der Waals surface area contributed by atoms with E-state index in [2.05, 4.69) is 15.1 Å². The highest BCUT2D eigenvalue weighted by molar-refractivity contribution is 6.28. The summed E-state index contributed by atoms with van der Waals surface area (Å²) in [6, 6.07) is 0. The Hall–Kier alpha value is -1.96. The quantitative estimate of drug-likeness (QED) is 0.454. The molecule has 0 radical (unpaired) electrons. The maximum Gasteiger partial charge on any atom is 0.332 e.